The van der Waals surface area contributed by atoms with Crippen LogP contribution in [-0.2, 0) is 17.6 Å². The Hall–Kier alpha value is -4.06. The van der Waals surface area contributed by atoms with Crippen LogP contribution in [0, 0.1) is 46.6 Å². The molecule has 180 valence electrons. The molecule has 0 atom stereocenters. The van der Waals surface area contributed by atoms with E-state index in [0.29, 0.717) is 26.2 Å². The van der Waals surface area contributed by atoms with Crippen LogP contribution in [0.1, 0.15) is 45.8 Å². The minimum Gasteiger partial charge on any atom is -0.312 e. The van der Waals surface area contributed by atoms with E-state index in [1.165, 1.54) is 23.5 Å². The van der Waals surface area contributed by atoms with Crippen molar-refractivity contribution in [3.05, 3.63) is 72.9 Å². The third-order valence-corrected chi connectivity index (χ3v) is 7.67. The highest BCUT2D eigenvalue weighted by molar-refractivity contribution is 7.99. The minimum absolute atomic E-state index is 0.188. The van der Waals surface area contributed by atoms with Crippen LogP contribution in [0.5, 0.6) is 0 Å². The highest BCUT2D eigenvalue weighted by atomic mass is 32.2. The lowest BCUT2D eigenvalue weighted by atomic mass is 9.96. The summed E-state index contributed by atoms with van der Waals surface area (Å²) in [5, 5.41) is 34.5. The van der Waals surface area contributed by atoms with Crippen LogP contribution < -0.4 is 5.32 Å². The number of rotatable bonds is 6. The fraction of sp³-hybridized carbons (Fsp3) is 0.240. The van der Waals surface area contributed by atoms with E-state index in [2.05, 4.69) is 21.4 Å². The van der Waals surface area contributed by atoms with Gasteiger partial charge in [-0.25, -0.2) is 9.97 Å². The number of nitro groups is 1. The molecule has 0 aliphatic heterocycles. The maximum absolute atomic E-state index is 12.9. The summed E-state index contributed by atoms with van der Waals surface area (Å²) < 4.78 is 0. The molecular formula is C25H20N6O3S2. The predicted molar refractivity (Wildman–Crippen MR) is 137 cm³/mol. The van der Waals surface area contributed by atoms with Crippen LogP contribution in [0.2, 0.25) is 0 Å². The SMILES string of the molecule is Cc1cc(C)nc(Sc2ccc(/C=C(/C#N)C(=O)Nc3sc4c(c3C#N)CCCC4)cc2[N+](=O)[O-])n1. The topological polar surface area (TPSA) is 146 Å². The number of amides is 1. The lowest BCUT2D eigenvalue weighted by Crippen LogP contribution is -2.13. The van der Waals surface area contributed by atoms with Gasteiger partial charge in [-0.3, -0.25) is 14.9 Å². The number of aryl methyl sites for hydroxylation is 3. The van der Waals surface area contributed by atoms with Gasteiger partial charge in [0, 0.05) is 22.3 Å². The second kappa shape index (κ2) is 10.7. The summed E-state index contributed by atoms with van der Waals surface area (Å²) in [7, 11) is 0. The Balaban J connectivity index is 1.61. The number of carbonyl (C=O) groups excluding carboxylic acids is 1. The molecule has 0 unspecified atom stereocenters. The van der Waals surface area contributed by atoms with Gasteiger partial charge >= 0.3 is 0 Å². The summed E-state index contributed by atoms with van der Waals surface area (Å²) in [5.41, 5.74) is 2.84. The normalized spacial score (nSPS) is 12.8. The maximum atomic E-state index is 12.9. The zero-order valence-electron chi connectivity index (χ0n) is 19.5. The van der Waals surface area contributed by atoms with Crippen molar-refractivity contribution in [1.29, 1.82) is 10.5 Å². The number of nitriles is 2. The molecule has 0 saturated carbocycles. The first-order valence-corrected chi connectivity index (χ1v) is 12.7. The monoisotopic (exact) mass is 516 g/mol. The van der Waals surface area contributed by atoms with Gasteiger partial charge < -0.3 is 5.32 Å². The second-order valence-corrected chi connectivity index (χ2v) is 10.3. The molecule has 1 aromatic carbocycles. The van der Waals surface area contributed by atoms with Crippen LogP contribution in [0.3, 0.4) is 0 Å². The molecule has 2 heterocycles. The van der Waals surface area contributed by atoms with Gasteiger partial charge in [0.05, 0.1) is 15.4 Å². The van der Waals surface area contributed by atoms with E-state index in [1.54, 1.807) is 12.1 Å². The van der Waals surface area contributed by atoms with E-state index in [9.17, 15) is 25.4 Å². The average Bonchev–Trinajstić information content (AvgIpc) is 3.19. The minimum atomic E-state index is -0.669. The van der Waals surface area contributed by atoms with Crippen molar-refractivity contribution < 1.29 is 9.72 Å². The number of fused-ring (bicyclic) bond motifs is 1. The molecule has 0 radical (unpaired) electrons. The summed E-state index contributed by atoms with van der Waals surface area (Å²) in [6.07, 6.45) is 5.00. The van der Waals surface area contributed by atoms with E-state index in [4.69, 9.17) is 0 Å². The summed E-state index contributed by atoms with van der Waals surface area (Å²) in [6.45, 7) is 3.64. The third kappa shape index (κ3) is 5.43. The first-order chi connectivity index (χ1) is 17.3. The van der Waals surface area contributed by atoms with Crippen LogP contribution in [0.4, 0.5) is 10.7 Å². The standard InChI is InChI=1S/C25H20N6O3S2/c1-14-9-15(2)29-25(28-14)36-22-8-7-16(11-20(22)31(33)34)10-17(12-26)23(32)30-24-19(13-27)18-5-3-4-6-21(18)35-24/h7-11H,3-6H2,1-2H3,(H,30,32)/b17-10-. The number of nitrogens with zero attached hydrogens (tertiary/aromatic N) is 5. The summed E-state index contributed by atoms with van der Waals surface area (Å²) in [4.78, 5) is 34.1. The van der Waals surface area contributed by atoms with E-state index in [1.807, 2.05) is 26.0 Å². The molecule has 0 saturated heterocycles. The highest BCUT2D eigenvalue weighted by Gasteiger charge is 2.23. The molecule has 1 N–H and O–H groups in total. The Bertz CT molecular complexity index is 1480. The lowest BCUT2D eigenvalue weighted by Gasteiger charge is -2.09. The lowest BCUT2D eigenvalue weighted by molar-refractivity contribution is -0.387. The molecule has 4 rings (SSSR count). The van der Waals surface area contributed by atoms with Gasteiger partial charge in [0.25, 0.3) is 11.6 Å². The largest absolute Gasteiger partial charge is 0.312 e. The Kier molecular flexibility index (Phi) is 7.44. The van der Waals surface area contributed by atoms with Crippen LogP contribution >= 0.6 is 23.1 Å². The zero-order chi connectivity index (χ0) is 25.8. The van der Waals surface area contributed by atoms with Crippen molar-refractivity contribution in [2.24, 2.45) is 0 Å². The maximum Gasteiger partial charge on any atom is 0.283 e. The highest BCUT2D eigenvalue weighted by Crippen LogP contribution is 2.38. The molecular weight excluding hydrogens is 496 g/mol. The molecule has 0 bridgehead atoms. The van der Waals surface area contributed by atoms with Gasteiger partial charge in [0.2, 0.25) is 0 Å². The molecule has 0 fully saturated rings. The molecule has 2 aromatic heterocycles. The van der Waals surface area contributed by atoms with Gasteiger partial charge in [-0.1, -0.05) is 6.07 Å². The smallest absolute Gasteiger partial charge is 0.283 e. The number of nitro benzene ring substituents is 1. The van der Waals surface area contributed by atoms with Crippen molar-refractivity contribution in [3.63, 3.8) is 0 Å². The number of nitrogens with one attached hydrogen (secondary N) is 1. The number of benzene rings is 1. The molecule has 0 spiro atoms. The van der Waals surface area contributed by atoms with E-state index < -0.39 is 10.8 Å². The third-order valence-electron chi connectivity index (χ3n) is 5.53. The second-order valence-electron chi connectivity index (χ2n) is 8.17. The summed E-state index contributed by atoms with van der Waals surface area (Å²) in [6, 6.07) is 10.3. The molecule has 3 aromatic rings. The van der Waals surface area contributed by atoms with Crippen molar-refractivity contribution in [2.75, 3.05) is 5.32 Å². The number of thiophene rings is 1. The Morgan fingerprint density at radius 3 is 2.58 bits per heavy atom. The average molecular weight is 517 g/mol. The fourth-order valence-electron chi connectivity index (χ4n) is 3.95. The zero-order valence-corrected chi connectivity index (χ0v) is 21.1. The molecule has 11 heteroatoms. The fourth-order valence-corrected chi connectivity index (χ4v) is 6.13. The molecule has 1 aliphatic carbocycles. The van der Waals surface area contributed by atoms with Crippen LogP contribution in [0.25, 0.3) is 6.08 Å². The van der Waals surface area contributed by atoms with E-state index in [0.717, 1.165) is 59.3 Å². The van der Waals surface area contributed by atoms with Gasteiger partial charge in [0.15, 0.2) is 5.16 Å². The number of hydrogen-bond acceptors (Lipinski definition) is 9. The number of anilines is 1. The Morgan fingerprint density at radius 1 is 1.19 bits per heavy atom. The Labute approximate surface area is 215 Å². The first-order valence-electron chi connectivity index (χ1n) is 11.1. The number of carbonyl (C=O) groups is 1. The van der Waals surface area contributed by atoms with Gasteiger partial charge in [-0.05, 0) is 80.6 Å². The van der Waals surface area contributed by atoms with E-state index >= 15 is 0 Å². The predicted octanol–water partition coefficient (Wildman–Crippen LogP) is 5.51. The molecule has 1 aliphatic rings. The number of hydrogen-bond donors (Lipinski definition) is 1. The van der Waals surface area contributed by atoms with Gasteiger partial charge in [-0.2, -0.15) is 10.5 Å². The van der Waals surface area contributed by atoms with Gasteiger partial charge in [0.1, 0.15) is 22.7 Å². The number of aromatic nitrogens is 2. The van der Waals surface area contributed by atoms with Crippen molar-refractivity contribution in [3.8, 4) is 12.1 Å². The van der Waals surface area contributed by atoms with Crippen LogP contribution in [0.15, 0.2) is 39.9 Å². The quantitative estimate of drug-likeness (QED) is 0.148. The summed E-state index contributed by atoms with van der Waals surface area (Å²) >= 11 is 2.44. The van der Waals surface area contributed by atoms with Crippen molar-refractivity contribution in [2.45, 2.75) is 49.6 Å². The van der Waals surface area contributed by atoms with E-state index in [-0.39, 0.29) is 11.3 Å². The first kappa shape index (κ1) is 25.0. The van der Waals surface area contributed by atoms with Gasteiger partial charge in [-0.15, -0.1) is 11.3 Å². The van der Waals surface area contributed by atoms with Crippen molar-refractivity contribution in [1.82, 2.24) is 9.97 Å². The Morgan fingerprint density at radius 2 is 1.92 bits per heavy atom. The van der Waals surface area contributed by atoms with Crippen molar-refractivity contribution >= 4 is 45.8 Å². The molecule has 1 amide bonds. The summed E-state index contributed by atoms with van der Waals surface area (Å²) in [5.74, 6) is -0.669. The molecule has 36 heavy (non-hydrogen) atoms. The van der Waals surface area contributed by atoms with Crippen LogP contribution in [-0.4, -0.2) is 20.8 Å². The molecule has 9 nitrogen and oxygen atoms in total.